The zero-order valence-corrected chi connectivity index (χ0v) is 26.5. The summed E-state index contributed by atoms with van der Waals surface area (Å²) in [5.74, 6) is -0.550. The number of nitriles is 1. The monoisotopic (exact) mass is 640 g/mol. The number of benzene rings is 3. The van der Waals surface area contributed by atoms with Gasteiger partial charge in [0.25, 0.3) is 0 Å². The van der Waals surface area contributed by atoms with Crippen LogP contribution in [0.4, 0.5) is 0 Å². The van der Waals surface area contributed by atoms with Crippen LogP contribution in [0.3, 0.4) is 0 Å². The molecule has 10 nitrogen and oxygen atoms in total. The first-order valence-corrected chi connectivity index (χ1v) is 15.9. The number of rotatable bonds is 10. The summed E-state index contributed by atoms with van der Waals surface area (Å²) in [4.78, 5) is 50.3. The zero-order valence-electron chi connectivity index (χ0n) is 26.5. The number of pyridine rings is 1. The number of hydrogen-bond acceptors (Lipinski definition) is 7. The van der Waals surface area contributed by atoms with Crippen LogP contribution in [0.5, 0.6) is 5.75 Å². The number of aromatic hydroxyl groups is 1. The van der Waals surface area contributed by atoms with Crippen LogP contribution in [0.25, 0.3) is 11.3 Å². The highest BCUT2D eigenvalue weighted by Crippen LogP contribution is 2.30. The van der Waals surface area contributed by atoms with Crippen molar-refractivity contribution in [3.63, 3.8) is 0 Å². The van der Waals surface area contributed by atoms with Crippen LogP contribution in [0.1, 0.15) is 28.8 Å². The molecule has 2 fully saturated rings. The predicted molar refractivity (Wildman–Crippen MR) is 179 cm³/mol. The lowest BCUT2D eigenvalue weighted by atomic mass is 9.98. The number of amides is 3. The molecule has 6 rings (SSSR count). The number of aryl methyl sites for hydroxylation is 1. The van der Waals surface area contributed by atoms with Gasteiger partial charge in [0.15, 0.2) is 0 Å². The van der Waals surface area contributed by atoms with Crippen molar-refractivity contribution in [3.05, 3.63) is 132 Å². The molecule has 1 N–H and O–H groups in total. The van der Waals surface area contributed by atoms with Gasteiger partial charge in [-0.1, -0.05) is 66.7 Å². The number of aromatic nitrogens is 1. The molecule has 2 saturated heterocycles. The molecule has 2 aliphatic rings. The third-order valence-electron chi connectivity index (χ3n) is 8.71. The Morgan fingerprint density at radius 2 is 1.75 bits per heavy atom. The van der Waals surface area contributed by atoms with Gasteiger partial charge in [0.2, 0.25) is 17.7 Å². The molecule has 3 aromatic carbocycles. The number of nitrogens with zero attached hydrogens (tertiary/aromatic N) is 6. The lowest BCUT2D eigenvalue weighted by Gasteiger charge is -2.55. The normalized spacial score (nSPS) is 17.9. The Kier molecular flexibility index (Phi) is 9.60. The van der Waals surface area contributed by atoms with E-state index >= 15 is 0 Å². The maximum absolute atomic E-state index is 14.3. The summed E-state index contributed by atoms with van der Waals surface area (Å²) in [5, 5.41) is 22.6. The van der Waals surface area contributed by atoms with E-state index in [9.17, 15) is 24.8 Å². The molecule has 2 atom stereocenters. The van der Waals surface area contributed by atoms with Gasteiger partial charge in [-0.25, -0.2) is 10.0 Å². The van der Waals surface area contributed by atoms with Crippen LogP contribution in [0, 0.1) is 11.3 Å². The lowest BCUT2D eigenvalue weighted by Crippen LogP contribution is -2.75. The molecule has 0 saturated carbocycles. The van der Waals surface area contributed by atoms with Gasteiger partial charge < -0.3 is 14.9 Å². The summed E-state index contributed by atoms with van der Waals surface area (Å²) < 4.78 is 0. The summed E-state index contributed by atoms with van der Waals surface area (Å²) in [5.41, 5.74) is 4.40. The third-order valence-corrected chi connectivity index (χ3v) is 8.71. The highest BCUT2D eigenvalue weighted by atomic mass is 16.3. The van der Waals surface area contributed by atoms with Crippen LogP contribution in [0.2, 0.25) is 0 Å². The molecule has 1 aromatic heterocycles. The second-order valence-corrected chi connectivity index (χ2v) is 12.0. The minimum absolute atomic E-state index is 0.0652. The Labute approximate surface area is 279 Å². The average Bonchev–Trinajstić information content (AvgIpc) is 3.10. The molecule has 48 heavy (non-hydrogen) atoms. The fourth-order valence-electron chi connectivity index (χ4n) is 6.44. The smallest absolute Gasteiger partial charge is 0.246 e. The summed E-state index contributed by atoms with van der Waals surface area (Å²) in [6, 6.07) is 30.4. The highest BCUT2D eigenvalue weighted by Gasteiger charge is 2.51. The highest BCUT2D eigenvalue weighted by molar-refractivity contribution is 5.92. The second kappa shape index (κ2) is 14.3. The van der Waals surface area contributed by atoms with Crippen molar-refractivity contribution in [1.29, 1.82) is 5.26 Å². The van der Waals surface area contributed by atoms with E-state index in [1.165, 1.54) is 0 Å². The van der Waals surface area contributed by atoms with Gasteiger partial charge in [0.1, 0.15) is 18.0 Å². The Hall–Kier alpha value is -5.79. The molecule has 0 radical (unpaired) electrons. The van der Waals surface area contributed by atoms with E-state index in [4.69, 9.17) is 4.98 Å². The molecular weight excluding hydrogens is 604 g/mol. The fourth-order valence-corrected chi connectivity index (χ4v) is 6.44. The lowest BCUT2D eigenvalue weighted by molar-refractivity contribution is -0.205. The number of phenolic OH excluding ortho intramolecular Hbond substituents is 1. The van der Waals surface area contributed by atoms with Crippen molar-refractivity contribution in [2.75, 3.05) is 19.6 Å². The molecule has 10 heteroatoms. The van der Waals surface area contributed by atoms with Gasteiger partial charge in [-0.3, -0.25) is 19.4 Å². The number of phenols is 1. The summed E-state index contributed by atoms with van der Waals surface area (Å²) in [6.45, 7) is 4.33. The largest absolute Gasteiger partial charge is 0.508 e. The molecule has 4 aromatic rings. The first-order valence-electron chi connectivity index (χ1n) is 15.9. The quantitative estimate of drug-likeness (QED) is 0.257. The van der Waals surface area contributed by atoms with Gasteiger partial charge in [-0.05, 0) is 53.9 Å². The van der Waals surface area contributed by atoms with Gasteiger partial charge >= 0.3 is 0 Å². The van der Waals surface area contributed by atoms with Crippen molar-refractivity contribution in [2.24, 2.45) is 0 Å². The predicted octanol–water partition coefficient (Wildman–Crippen LogP) is 4.31. The van der Waals surface area contributed by atoms with Gasteiger partial charge in [0.05, 0.1) is 42.7 Å². The third kappa shape index (κ3) is 6.97. The molecule has 2 aliphatic heterocycles. The second-order valence-electron chi connectivity index (χ2n) is 12.0. The van der Waals surface area contributed by atoms with Crippen molar-refractivity contribution in [2.45, 2.75) is 38.0 Å². The Morgan fingerprint density at radius 3 is 2.50 bits per heavy atom. The van der Waals surface area contributed by atoms with Crippen LogP contribution < -0.4 is 0 Å². The number of hydrazine groups is 1. The van der Waals surface area contributed by atoms with Crippen molar-refractivity contribution < 1.29 is 19.5 Å². The summed E-state index contributed by atoms with van der Waals surface area (Å²) in [6.07, 6.45) is 1.88. The number of piperazine rings is 1. The molecule has 0 unspecified atom stereocenters. The SMILES string of the molecule is C=CCN1CC(=O)N2[C@@H](Cc3ccc(O)cc3)C(=O)N(Cc3cccc(-c4cccc(C#N)c4)n3)C[C@@H]2N1C(=O)CCc1ccccc1. The van der Waals surface area contributed by atoms with E-state index in [-0.39, 0.29) is 62.5 Å². The van der Waals surface area contributed by atoms with E-state index in [0.29, 0.717) is 23.4 Å². The Balaban J connectivity index is 1.34. The van der Waals surface area contributed by atoms with Crippen LogP contribution in [0.15, 0.2) is 110 Å². The van der Waals surface area contributed by atoms with Gasteiger partial charge in [-0.15, -0.1) is 6.58 Å². The van der Waals surface area contributed by atoms with E-state index in [1.807, 2.05) is 54.6 Å². The Bertz CT molecular complexity index is 1860. The topological polar surface area (TPSA) is 121 Å². The standard InChI is InChI=1S/C38H36N6O4/c1-2-20-42-26-37(47)43-34(22-28-14-17-32(45)18-15-28)38(48)41(25-35(43)44(42)36(46)19-16-27-8-4-3-5-9-27)24-31-12-7-13-33(40-31)30-11-6-10-29(21-30)23-39/h2-15,17-18,21,34-35,45H,1,16,19-20,22,24-26H2/t34-,35-/m0/s1. The molecule has 0 bridgehead atoms. The summed E-state index contributed by atoms with van der Waals surface area (Å²) >= 11 is 0. The maximum atomic E-state index is 14.3. The van der Waals surface area contributed by atoms with Gasteiger partial charge in [0, 0.05) is 24.9 Å². The van der Waals surface area contributed by atoms with E-state index in [2.05, 4.69) is 12.6 Å². The van der Waals surface area contributed by atoms with Crippen molar-refractivity contribution in [1.82, 2.24) is 24.8 Å². The number of hydrogen-bond donors (Lipinski definition) is 1. The minimum atomic E-state index is -0.883. The number of fused-ring (bicyclic) bond motifs is 1. The van der Waals surface area contributed by atoms with Crippen molar-refractivity contribution >= 4 is 17.7 Å². The van der Waals surface area contributed by atoms with E-state index in [1.54, 1.807) is 68.4 Å². The first-order chi connectivity index (χ1) is 23.3. The van der Waals surface area contributed by atoms with E-state index in [0.717, 1.165) is 16.7 Å². The van der Waals surface area contributed by atoms with E-state index < -0.39 is 12.2 Å². The fraction of sp³-hybridized carbons (Fsp3) is 0.237. The zero-order chi connectivity index (χ0) is 33.6. The molecular formula is C38H36N6O4. The number of carbonyl (C=O) groups excluding carboxylic acids is 3. The van der Waals surface area contributed by atoms with Crippen LogP contribution in [-0.2, 0) is 33.8 Å². The molecule has 3 heterocycles. The average molecular weight is 641 g/mol. The molecule has 0 spiro atoms. The first kappa shape index (κ1) is 32.2. The van der Waals surface area contributed by atoms with Crippen LogP contribution in [-0.4, -0.2) is 79.5 Å². The molecule has 0 aliphatic carbocycles. The molecule has 3 amide bonds. The minimum Gasteiger partial charge on any atom is -0.508 e. The molecule has 242 valence electrons. The maximum Gasteiger partial charge on any atom is 0.246 e. The summed E-state index contributed by atoms with van der Waals surface area (Å²) in [7, 11) is 0. The Morgan fingerprint density at radius 1 is 0.979 bits per heavy atom. The van der Waals surface area contributed by atoms with Crippen molar-refractivity contribution in [3.8, 4) is 23.1 Å². The van der Waals surface area contributed by atoms with Gasteiger partial charge in [-0.2, -0.15) is 5.26 Å². The van der Waals surface area contributed by atoms with Crippen LogP contribution >= 0.6 is 0 Å². The number of carbonyl (C=O) groups is 3.